The fraction of sp³-hybridized carbons (Fsp3) is 0.727. The molecule has 0 saturated carbocycles. The summed E-state index contributed by atoms with van der Waals surface area (Å²) < 4.78 is 5.49. The summed E-state index contributed by atoms with van der Waals surface area (Å²) in [6.45, 7) is 2.29. The molecule has 0 aromatic carbocycles. The zero-order valence-corrected chi connectivity index (χ0v) is 8.24. The number of carbonyl (C=O) groups is 1. The normalized spacial score (nSPS) is 32.2. The van der Waals surface area contributed by atoms with Gasteiger partial charge in [0.25, 0.3) is 0 Å². The van der Waals surface area contributed by atoms with Crippen LogP contribution in [0.1, 0.15) is 19.3 Å². The second kappa shape index (κ2) is 4.02. The Bertz CT molecular complexity index is 263. The lowest BCUT2D eigenvalue weighted by Crippen LogP contribution is -2.33. The predicted octanol–water partition coefficient (Wildman–Crippen LogP) is 0.647. The molecule has 2 aliphatic rings. The van der Waals surface area contributed by atoms with Crippen LogP contribution in [0.2, 0.25) is 0 Å². The van der Waals surface area contributed by atoms with E-state index in [1.807, 2.05) is 4.90 Å². The molecule has 2 fully saturated rings. The molecule has 1 amide bonds. The molecular weight excluding hydrogens is 178 g/mol. The third-order valence-corrected chi connectivity index (χ3v) is 2.90. The van der Waals surface area contributed by atoms with Crippen molar-refractivity contribution in [1.29, 1.82) is 0 Å². The number of ether oxygens (including phenoxy) is 1. The Kier molecular flexibility index (Phi) is 2.74. The largest absolute Gasteiger partial charge is 0.376 e. The summed E-state index contributed by atoms with van der Waals surface area (Å²) in [6, 6.07) is 0. The first-order chi connectivity index (χ1) is 6.79. The molecule has 0 N–H and O–H groups in total. The van der Waals surface area contributed by atoms with E-state index < -0.39 is 0 Å². The standard InChI is InChI=1S/C11H15NO2/c1-2-9-6-11(13)12(7-9)8-10-4-3-5-14-10/h1,9-10H,3-8H2. The average molecular weight is 193 g/mol. The molecule has 2 heterocycles. The molecule has 14 heavy (non-hydrogen) atoms. The number of rotatable bonds is 2. The van der Waals surface area contributed by atoms with Gasteiger partial charge < -0.3 is 9.64 Å². The van der Waals surface area contributed by atoms with Gasteiger partial charge in [-0.05, 0) is 12.8 Å². The molecule has 76 valence electrons. The van der Waals surface area contributed by atoms with Gasteiger partial charge in [-0.1, -0.05) is 0 Å². The first-order valence-corrected chi connectivity index (χ1v) is 5.15. The number of amides is 1. The van der Waals surface area contributed by atoms with Crippen molar-refractivity contribution in [2.45, 2.75) is 25.4 Å². The topological polar surface area (TPSA) is 29.5 Å². The molecule has 2 atom stereocenters. The summed E-state index contributed by atoms with van der Waals surface area (Å²) >= 11 is 0. The van der Waals surface area contributed by atoms with Crippen LogP contribution in [-0.4, -0.2) is 36.6 Å². The monoisotopic (exact) mass is 193 g/mol. The van der Waals surface area contributed by atoms with Crippen molar-refractivity contribution in [3.8, 4) is 12.3 Å². The predicted molar refractivity (Wildman–Crippen MR) is 52.5 cm³/mol. The maximum atomic E-state index is 11.5. The summed E-state index contributed by atoms with van der Waals surface area (Å²) in [5.74, 6) is 2.94. The van der Waals surface area contributed by atoms with Crippen LogP contribution in [0, 0.1) is 18.3 Å². The minimum Gasteiger partial charge on any atom is -0.376 e. The zero-order chi connectivity index (χ0) is 9.97. The molecule has 0 aromatic heterocycles. The van der Waals surface area contributed by atoms with Crippen LogP contribution in [0.15, 0.2) is 0 Å². The Morgan fingerprint density at radius 3 is 3.07 bits per heavy atom. The second-order valence-corrected chi connectivity index (χ2v) is 4.00. The van der Waals surface area contributed by atoms with E-state index in [2.05, 4.69) is 5.92 Å². The highest BCUT2D eigenvalue weighted by atomic mass is 16.5. The van der Waals surface area contributed by atoms with E-state index in [1.54, 1.807) is 0 Å². The summed E-state index contributed by atoms with van der Waals surface area (Å²) in [6.07, 6.45) is 8.26. The molecule has 2 unspecified atom stereocenters. The highest BCUT2D eigenvalue weighted by Gasteiger charge is 2.30. The van der Waals surface area contributed by atoms with E-state index in [0.29, 0.717) is 6.42 Å². The van der Waals surface area contributed by atoms with Gasteiger partial charge in [-0.25, -0.2) is 0 Å². The van der Waals surface area contributed by atoms with Gasteiger partial charge >= 0.3 is 0 Å². The van der Waals surface area contributed by atoms with Gasteiger partial charge in [-0.15, -0.1) is 12.3 Å². The van der Waals surface area contributed by atoms with Crippen LogP contribution in [0.3, 0.4) is 0 Å². The Labute approximate surface area is 84.4 Å². The summed E-state index contributed by atoms with van der Waals surface area (Å²) in [5, 5.41) is 0. The molecule has 0 spiro atoms. The lowest BCUT2D eigenvalue weighted by molar-refractivity contribution is -0.129. The van der Waals surface area contributed by atoms with Crippen molar-refractivity contribution in [1.82, 2.24) is 4.90 Å². The molecule has 3 heteroatoms. The molecule has 0 bridgehead atoms. The number of carbonyl (C=O) groups excluding carboxylic acids is 1. The van der Waals surface area contributed by atoms with E-state index in [1.165, 1.54) is 0 Å². The van der Waals surface area contributed by atoms with Crippen LogP contribution in [-0.2, 0) is 9.53 Å². The van der Waals surface area contributed by atoms with Crippen LogP contribution < -0.4 is 0 Å². The molecule has 2 saturated heterocycles. The van der Waals surface area contributed by atoms with Gasteiger partial charge in [0.2, 0.25) is 5.91 Å². The maximum Gasteiger partial charge on any atom is 0.224 e. The summed E-state index contributed by atoms with van der Waals surface area (Å²) in [4.78, 5) is 13.4. The minimum absolute atomic E-state index is 0.115. The first kappa shape index (κ1) is 9.54. The van der Waals surface area contributed by atoms with Crippen molar-refractivity contribution in [2.75, 3.05) is 19.7 Å². The van der Waals surface area contributed by atoms with E-state index >= 15 is 0 Å². The molecule has 2 aliphatic heterocycles. The van der Waals surface area contributed by atoms with Gasteiger partial charge in [-0.2, -0.15) is 0 Å². The Morgan fingerprint density at radius 1 is 1.64 bits per heavy atom. The SMILES string of the molecule is C#CC1CC(=O)N(CC2CCCO2)C1. The molecule has 0 radical (unpaired) electrons. The van der Waals surface area contributed by atoms with Crippen LogP contribution in [0.25, 0.3) is 0 Å². The Hall–Kier alpha value is -1.01. The van der Waals surface area contributed by atoms with E-state index in [0.717, 1.165) is 32.5 Å². The van der Waals surface area contributed by atoms with E-state index in [4.69, 9.17) is 11.2 Å². The smallest absolute Gasteiger partial charge is 0.224 e. The second-order valence-electron chi connectivity index (χ2n) is 4.00. The van der Waals surface area contributed by atoms with Crippen molar-refractivity contribution in [3.63, 3.8) is 0 Å². The number of nitrogens with zero attached hydrogens (tertiary/aromatic N) is 1. The third-order valence-electron chi connectivity index (χ3n) is 2.90. The van der Waals surface area contributed by atoms with Crippen molar-refractivity contribution < 1.29 is 9.53 Å². The fourth-order valence-corrected chi connectivity index (χ4v) is 2.09. The Morgan fingerprint density at radius 2 is 2.50 bits per heavy atom. The van der Waals surface area contributed by atoms with Crippen molar-refractivity contribution in [2.24, 2.45) is 5.92 Å². The maximum absolute atomic E-state index is 11.5. The number of hydrogen-bond donors (Lipinski definition) is 0. The minimum atomic E-state index is 0.115. The van der Waals surface area contributed by atoms with Crippen LogP contribution >= 0.6 is 0 Å². The van der Waals surface area contributed by atoms with Gasteiger partial charge in [0.05, 0.1) is 6.10 Å². The number of terminal acetylenes is 1. The van der Waals surface area contributed by atoms with E-state index in [9.17, 15) is 4.79 Å². The molecule has 0 aliphatic carbocycles. The van der Waals surface area contributed by atoms with Crippen LogP contribution in [0.4, 0.5) is 0 Å². The lowest BCUT2D eigenvalue weighted by atomic mass is 10.1. The fourth-order valence-electron chi connectivity index (χ4n) is 2.09. The highest BCUT2D eigenvalue weighted by molar-refractivity contribution is 5.79. The molecule has 0 aromatic rings. The van der Waals surface area contributed by atoms with E-state index in [-0.39, 0.29) is 17.9 Å². The highest BCUT2D eigenvalue weighted by Crippen LogP contribution is 2.20. The average Bonchev–Trinajstić information content (AvgIpc) is 2.78. The van der Waals surface area contributed by atoms with Gasteiger partial charge in [0, 0.05) is 32.0 Å². The number of likely N-dealkylation sites (tertiary alicyclic amines) is 1. The van der Waals surface area contributed by atoms with Crippen molar-refractivity contribution >= 4 is 5.91 Å². The Balaban J connectivity index is 1.86. The quantitative estimate of drug-likeness (QED) is 0.602. The number of hydrogen-bond acceptors (Lipinski definition) is 2. The van der Waals surface area contributed by atoms with Crippen LogP contribution in [0.5, 0.6) is 0 Å². The summed E-state index contributed by atoms with van der Waals surface area (Å²) in [5.41, 5.74) is 0. The van der Waals surface area contributed by atoms with Gasteiger partial charge in [0.15, 0.2) is 0 Å². The zero-order valence-electron chi connectivity index (χ0n) is 8.24. The first-order valence-electron chi connectivity index (χ1n) is 5.15. The molecule has 3 nitrogen and oxygen atoms in total. The third kappa shape index (κ3) is 1.91. The summed E-state index contributed by atoms with van der Waals surface area (Å²) in [7, 11) is 0. The molecule has 2 rings (SSSR count). The molecular formula is C11H15NO2. The van der Waals surface area contributed by atoms with Gasteiger partial charge in [0.1, 0.15) is 0 Å². The van der Waals surface area contributed by atoms with Gasteiger partial charge in [-0.3, -0.25) is 4.79 Å². The van der Waals surface area contributed by atoms with Crippen molar-refractivity contribution in [3.05, 3.63) is 0 Å². The lowest BCUT2D eigenvalue weighted by Gasteiger charge is -2.19.